The molecule has 0 radical (unpaired) electrons. The van der Waals surface area contributed by atoms with Crippen molar-refractivity contribution in [1.29, 1.82) is 0 Å². The Morgan fingerprint density at radius 1 is 1.24 bits per heavy atom. The summed E-state index contributed by atoms with van der Waals surface area (Å²) in [6.07, 6.45) is 6.70. The molecule has 1 aliphatic heterocycles. The van der Waals surface area contributed by atoms with Gasteiger partial charge in [-0.05, 0) is 45.7 Å². The van der Waals surface area contributed by atoms with Crippen LogP contribution in [-0.4, -0.2) is 35.2 Å². The summed E-state index contributed by atoms with van der Waals surface area (Å²) >= 11 is 0. The lowest BCUT2D eigenvalue weighted by atomic mass is 10.0. The zero-order chi connectivity index (χ0) is 11.9. The lowest BCUT2D eigenvalue weighted by Crippen LogP contribution is -2.35. The second-order valence-corrected chi connectivity index (χ2v) is 4.98. The maximum atomic E-state index is 10.1. The van der Waals surface area contributed by atoms with E-state index in [0.717, 1.165) is 25.8 Å². The molecule has 1 saturated heterocycles. The quantitative estimate of drug-likeness (QED) is 0.785. The highest BCUT2D eigenvalue weighted by Crippen LogP contribution is 2.13. The minimum Gasteiger partial charge on any atom is -0.378 e. The van der Waals surface area contributed by atoms with Crippen molar-refractivity contribution in [3.05, 3.63) is 0 Å². The van der Waals surface area contributed by atoms with E-state index >= 15 is 0 Å². The summed E-state index contributed by atoms with van der Waals surface area (Å²) in [5, 5.41) is 10.1. The van der Waals surface area contributed by atoms with Crippen LogP contribution in [0.25, 0.3) is 0 Å². The molecule has 0 saturated carbocycles. The Kier molecular flexibility index (Phi) is 8.68. The first-order chi connectivity index (χ1) is 7.64. The number of nitrogens with zero attached hydrogens (tertiary/aromatic N) is 1. The van der Waals surface area contributed by atoms with E-state index in [4.69, 9.17) is 0 Å². The largest absolute Gasteiger partial charge is 0.378 e. The van der Waals surface area contributed by atoms with Crippen LogP contribution < -0.4 is 0 Å². The van der Waals surface area contributed by atoms with Crippen LogP contribution in [0.4, 0.5) is 0 Å². The number of halogens is 1. The third-order valence-electron chi connectivity index (χ3n) is 3.10. The summed E-state index contributed by atoms with van der Waals surface area (Å²) < 4.78 is 0. The van der Waals surface area contributed by atoms with Gasteiger partial charge < -0.3 is 10.0 Å². The predicted octanol–water partition coefficient (Wildman–Crippen LogP) is 2.84. The van der Waals surface area contributed by atoms with Crippen LogP contribution in [-0.2, 0) is 0 Å². The van der Waals surface area contributed by atoms with E-state index in [-0.39, 0.29) is 12.4 Å². The van der Waals surface area contributed by atoms with E-state index in [1.807, 2.05) is 6.92 Å². The topological polar surface area (TPSA) is 23.5 Å². The van der Waals surface area contributed by atoms with Gasteiger partial charge in [0.25, 0.3) is 0 Å². The van der Waals surface area contributed by atoms with Crippen LogP contribution in [0.5, 0.6) is 0 Å². The van der Waals surface area contributed by atoms with Crippen molar-refractivity contribution in [3.8, 4) is 11.8 Å². The number of piperidine rings is 1. The highest BCUT2D eigenvalue weighted by atomic mass is 35.5. The van der Waals surface area contributed by atoms with Gasteiger partial charge in [0.1, 0.15) is 5.60 Å². The molecule has 1 fully saturated rings. The number of hydrogen-bond acceptors (Lipinski definition) is 2. The highest BCUT2D eigenvalue weighted by Gasteiger charge is 2.19. The van der Waals surface area contributed by atoms with Crippen LogP contribution >= 0.6 is 12.4 Å². The molecule has 0 aromatic heterocycles. The minimum absolute atomic E-state index is 0. The fourth-order valence-electron chi connectivity index (χ4n) is 2.00. The summed E-state index contributed by atoms with van der Waals surface area (Å²) in [6, 6.07) is 0. The molecule has 0 amide bonds. The summed E-state index contributed by atoms with van der Waals surface area (Å²) in [7, 11) is 0. The lowest BCUT2D eigenvalue weighted by Gasteiger charge is -2.28. The molecule has 3 heteroatoms. The molecular weight excluding hydrogens is 234 g/mol. The van der Waals surface area contributed by atoms with Gasteiger partial charge in [0.05, 0.1) is 0 Å². The van der Waals surface area contributed by atoms with Crippen LogP contribution in [0.3, 0.4) is 0 Å². The van der Waals surface area contributed by atoms with E-state index < -0.39 is 5.60 Å². The van der Waals surface area contributed by atoms with Gasteiger partial charge in [-0.25, -0.2) is 0 Å². The fourth-order valence-corrected chi connectivity index (χ4v) is 2.00. The first kappa shape index (κ1) is 16.8. The number of aliphatic hydroxyl groups is 1. The molecule has 2 nitrogen and oxygen atoms in total. The molecule has 0 aromatic carbocycles. The molecule has 1 heterocycles. The molecule has 1 N–H and O–H groups in total. The van der Waals surface area contributed by atoms with Gasteiger partial charge >= 0.3 is 0 Å². The molecule has 1 atom stereocenters. The smallest absolute Gasteiger partial charge is 0.123 e. The number of unbranched alkanes of at least 4 members (excludes halogenated alkanes) is 1. The summed E-state index contributed by atoms with van der Waals surface area (Å²) in [6.45, 7) is 7.31. The molecule has 1 aliphatic rings. The zero-order valence-corrected chi connectivity index (χ0v) is 12.0. The van der Waals surface area contributed by atoms with Crippen LogP contribution in [0, 0.1) is 11.8 Å². The second-order valence-electron chi connectivity index (χ2n) is 4.98. The standard InChI is InChI=1S/C14H25NO.ClH/c1-3-4-6-9-14(2,16)10-13-15-11-7-5-8-12-15;/h16H,3-5,7-8,10-13H2,1-2H3;1H. The number of likely N-dealkylation sites (tertiary alicyclic amines) is 1. The number of rotatable bonds is 4. The van der Waals surface area contributed by atoms with Crippen molar-refractivity contribution in [2.24, 2.45) is 0 Å². The van der Waals surface area contributed by atoms with Gasteiger partial charge in [0.2, 0.25) is 0 Å². The van der Waals surface area contributed by atoms with Crippen molar-refractivity contribution < 1.29 is 5.11 Å². The van der Waals surface area contributed by atoms with Gasteiger partial charge in [-0.2, -0.15) is 0 Å². The van der Waals surface area contributed by atoms with E-state index in [1.54, 1.807) is 0 Å². The molecule has 0 spiro atoms. The lowest BCUT2D eigenvalue weighted by molar-refractivity contribution is 0.0903. The average molecular weight is 260 g/mol. The minimum atomic E-state index is -0.799. The summed E-state index contributed by atoms with van der Waals surface area (Å²) in [5.74, 6) is 6.02. The molecule has 1 rings (SSSR count). The molecule has 1 unspecified atom stereocenters. The Morgan fingerprint density at radius 2 is 1.88 bits per heavy atom. The van der Waals surface area contributed by atoms with E-state index in [1.165, 1.54) is 32.4 Å². The molecule has 0 aromatic rings. The van der Waals surface area contributed by atoms with Crippen LogP contribution in [0.1, 0.15) is 52.4 Å². The Balaban J connectivity index is 0.00000256. The van der Waals surface area contributed by atoms with Crippen molar-refractivity contribution >= 4 is 12.4 Å². The fraction of sp³-hybridized carbons (Fsp3) is 0.857. The molecule has 0 bridgehead atoms. The normalized spacial score (nSPS) is 19.7. The first-order valence-electron chi connectivity index (χ1n) is 6.59. The Hall–Kier alpha value is -0.230. The van der Waals surface area contributed by atoms with Crippen LogP contribution in [0.2, 0.25) is 0 Å². The monoisotopic (exact) mass is 259 g/mol. The maximum Gasteiger partial charge on any atom is 0.123 e. The highest BCUT2D eigenvalue weighted by molar-refractivity contribution is 5.85. The Bertz CT molecular complexity index is 249. The average Bonchev–Trinajstić information content (AvgIpc) is 2.28. The van der Waals surface area contributed by atoms with E-state index in [2.05, 4.69) is 23.7 Å². The predicted molar refractivity (Wildman–Crippen MR) is 75.5 cm³/mol. The first-order valence-corrected chi connectivity index (χ1v) is 6.59. The van der Waals surface area contributed by atoms with Gasteiger partial charge in [0, 0.05) is 13.0 Å². The summed E-state index contributed by atoms with van der Waals surface area (Å²) in [5.41, 5.74) is -0.799. The van der Waals surface area contributed by atoms with Gasteiger partial charge in [-0.15, -0.1) is 18.3 Å². The summed E-state index contributed by atoms with van der Waals surface area (Å²) in [4.78, 5) is 2.44. The third-order valence-corrected chi connectivity index (χ3v) is 3.10. The van der Waals surface area contributed by atoms with Crippen LogP contribution in [0.15, 0.2) is 0 Å². The van der Waals surface area contributed by atoms with Crippen molar-refractivity contribution in [2.75, 3.05) is 19.6 Å². The van der Waals surface area contributed by atoms with Crippen molar-refractivity contribution in [1.82, 2.24) is 4.90 Å². The van der Waals surface area contributed by atoms with Gasteiger partial charge in [-0.1, -0.05) is 19.3 Å². The molecule has 0 aliphatic carbocycles. The SMILES string of the molecule is CCCC#CC(C)(O)CCN1CCCCC1.Cl. The van der Waals surface area contributed by atoms with E-state index in [0.29, 0.717) is 0 Å². The number of hydrogen-bond donors (Lipinski definition) is 1. The molecule has 100 valence electrons. The Morgan fingerprint density at radius 3 is 2.47 bits per heavy atom. The molecule has 17 heavy (non-hydrogen) atoms. The maximum absolute atomic E-state index is 10.1. The van der Waals surface area contributed by atoms with E-state index in [9.17, 15) is 5.11 Å². The molecular formula is C14H26ClNO. The van der Waals surface area contributed by atoms with Crippen molar-refractivity contribution in [3.63, 3.8) is 0 Å². The zero-order valence-electron chi connectivity index (χ0n) is 11.2. The van der Waals surface area contributed by atoms with Gasteiger partial charge in [0.15, 0.2) is 0 Å². The third kappa shape index (κ3) is 7.65. The second kappa shape index (κ2) is 8.80. The van der Waals surface area contributed by atoms with Gasteiger partial charge in [-0.3, -0.25) is 0 Å². The van der Waals surface area contributed by atoms with Crippen molar-refractivity contribution in [2.45, 2.75) is 58.0 Å². The Labute approximate surface area is 112 Å².